The van der Waals surface area contributed by atoms with E-state index in [4.69, 9.17) is 0 Å². The number of carbonyl (C=O) groups is 1. The number of hydrogen-bond acceptors (Lipinski definition) is 3. The van der Waals surface area contributed by atoms with Gasteiger partial charge in [-0.05, 0) is 39.6 Å². The molecule has 0 heterocycles. The number of likely N-dealkylation sites (N-methyl/N-ethyl adjacent to an activating group) is 2. The summed E-state index contributed by atoms with van der Waals surface area (Å²) < 4.78 is 0. The monoisotopic (exact) mass is 277 g/mol. The number of hydrogen-bond donors (Lipinski definition) is 1. The minimum atomic E-state index is 0.0779. The Hall–Kier alpha value is -1.55. The van der Waals surface area contributed by atoms with Crippen LogP contribution in [0.25, 0.3) is 0 Å². The van der Waals surface area contributed by atoms with E-state index >= 15 is 0 Å². The van der Waals surface area contributed by atoms with Crippen LogP contribution in [-0.2, 0) is 0 Å². The third kappa shape index (κ3) is 4.85. The zero-order valence-electron chi connectivity index (χ0n) is 13.4. The summed E-state index contributed by atoms with van der Waals surface area (Å²) >= 11 is 0. The maximum absolute atomic E-state index is 12.6. The Morgan fingerprint density at radius 3 is 2.50 bits per heavy atom. The molecule has 0 spiro atoms. The van der Waals surface area contributed by atoms with Gasteiger partial charge in [0.15, 0.2) is 0 Å². The summed E-state index contributed by atoms with van der Waals surface area (Å²) in [5.41, 5.74) is 2.80. The zero-order valence-corrected chi connectivity index (χ0v) is 13.4. The molecule has 0 saturated carbocycles. The lowest BCUT2D eigenvalue weighted by Crippen LogP contribution is -2.34. The van der Waals surface area contributed by atoms with Gasteiger partial charge in [-0.15, -0.1) is 0 Å². The lowest BCUT2D eigenvalue weighted by molar-refractivity contribution is 0.0787. The summed E-state index contributed by atoms with van der Waals surface area (Å²) in [6.45, 7) is 6.61. The van der Waals surface area contributed by atoms with Gasteiger partial charge in [-0.3, -0.25) is 4.79 Å². The summed E-state index contributed by atoms with van der Waals surface area (Å²) in [6.07, 6.45) is 1.04. The number of anilines is 1. The molecule has 0 saturated heterocycles. The van der Waals surface area contributed by atoms with Crippen LogP contribution in [0.15, 0.2) is 18.2 Å². The van der Waals surface area contributed by atoms with E-state index in [1.807, 2.05) is 46.3 Å². The quantitative estimate of drug-likeness (QED) is 0.831. The van der Waals surface area contributed by atoms with Crippen molar-refractivity contribution in [2.45, 2.75) is 20.3 Å². The van der Waals surface area contributed by atoms with E-state index in [-0.39, 0.29) is 5.91 Å². The highest BCUT2D eigenvalue weighted by molar-refractivity contribution is 5.99. The Morgan fingerprint density at radius 1 is 1.20 bits per heavy atom. The molecule has 4 heteroatoms. The molecule has 1 rings (SSSR count). The fourth-order valence-electron chi connectivity index (χ4n) is 1.91. The van der Waals surface area contributed by atoms with Crippen LogP contribution < -0.4 is 5.32 Å². The molecule has 0 aliphatic heterocycles. The highest BCUT2D eigenvalue weighted by atomic mass is 16.2. The van der Waals surface area contributed by atoms with Crippen molar-refractivity contribution in [3.63, 3.8) is 0 Å². The molecule has 0 aliphatic rings. The number of aryl methyl sites for hydroxylation is 1. The van der Waals surface area contributed by atoms with Crippen LogP contribution >= 0.6 is 0 Å². The van der Waals surface area contributed by atoms with Crippen LogP contribution in [0.2, 0.25) is 0 Å². The van der Waals surface area contributed by atoms with Gasteiger partial charge < -0.3 is 15.1 Å². The van der Waals surface area contributed by atoms with Crippen LogP contribution in [0.3, 0.4) is 0 Å². The van der Waals surface area contributed by atoms with E-state index in [0.717, 1.165) is 42.9 Å². The van der Waals surface area contributed by atoms with Gasteiger partial charge >= 0.3 is 0 Å². The van der Waals surface area contributed by atoms with Crippen molar-refractivity contribution < 1.29 is 4.79 Å². The molecule has 1 aromatic carbocycles. The van der Waals surface area contributed by atoms with Gasteiger partial charge in [0.25, 0.3) is 5.91 Å². The first-order valence-corrected chi connectivity index (χ1v) is 7.20. The molecule has 1 aromatic rings. The van der Waals surface area contributed by atoms with Crippen molar-refractivity contribution in [2.24, 2.45) is 0 Å². The summed E-state index contributed by atoms with van der Waals surface area (Å²) in [7, 11) is 5.89. The van der Waals surface area contributed by atoms with E-state index in [1.165, 1.54) is 0 Å². The number of nitrogens with zero attached hydrogens (tertiary/aromatic N) is 2. The standard InChI is InChI=1S/C16H27N3O/c1-6-9-17-15-8-7-13(2)12-14(15)16(20)19(5)11-10-18(3)4/h7-8,12,17H,6,9-11H2,1-5H3. The van der Waals surface area contributed by atoms with E-state index in [0.29, 0.717) is 0 Å². The van der Waals surface area contributed by atoms with Gasteiger partial charge in [-0.1, -0.05) is 18.6 Å². The first kappa shape index (κ1) is 16.5. The van der Waals surface area contributed by atoms with Gasteiger partial charge in [-0.25, -0.2) is 0 Å². The molecule has 20 heavy (non-hydrogen) atoms. The first-order chi connectivity index (χ1) is 9.45. The lowest BCUT2D eigenvalue weighted by Gasteiger charge is -2.21. The van der Waals surface area contributed by atoms with Crippen LogP contribution in [0, 0.1) is 6.92 Å². The van der Waals surface area contributed by atoms with E-state index in [2.05, 4.69) is 17.1 Å². The largest absolute Gasteiger partial charge is 0.384 e. The lowest BCUT2D eigenvalue weighted by atomic mass is 10.1. The Kier molecular flexibility index (Phi) is 6.52. The van der Waals surface area contributed by atoms with E-state index in [1.54, 1.807) is 4.90 Å². The van der Waals surface area contributed by atoms with Crippen molar-refractivity contribution in [1.82, 2.24) is 9.80 Å². The zero-order chi connectivity index (χ0) is 15.1. The second-order valence-electron chi connectivity index (χ2n) is 5.51. The highest BCUT2D eigenvalue weighted by Crippen LogP contribution is 2.19. The molecule has 0 unspecified atom stereocenters. The van der Waals surface area contributed by atoms with Crippen molar-refractivity contribution in [3.8, 4) is 0 Å². The second-order valence-corrected chi connectivity index (χ2v) is 5.51. The van der Waals surface area contributed by atoms with E-state index < -0.39 is 0 Å². The van der Waals surface area contributed by atoms with Crippen LogP contribution in [-0.4, -0.2) is 56.5 Å². The molecule has 112 valence electrons. The second kappa shape index (κ2) is 7.90. The fraction of sp³-hybridized carbons (Fsp3) is 0.562. The molecule has 4 nitrogen and oxygen atoms in total. The summed E-state index contributed by atoms with van der Waals surface area (Å²) in [5.74, 6) is 0.0779. The number of rotatable bonds is 7. The molecule has 1 N–H and O–H groups in total. The average molecular weight is 277 g/mol. The number of amides is 1. The topological polar surface area (TPSA) is 35.6 Å². The minimum absolute atomic E-state index is 0.0779. The normalized spacial score (nSPS) is 10.7. The Balaban J connectivity index is 2.86. The predicted octanol–water partition coefficient (Wildman–Crippen LogP) is 2.45. The molecule has 1 amide bonds. The molecule has 0 fully saturated rings. The molecular formula is C16H27N3O. The van der Waals surface area contributed by atoms with Gasteiger partial charge in [0.05, 0.1) is 5.56 Å². The molecule has 0 aromatic heterocycles. The Morgan fingerprint density at radius 2 is 1.90 bits per heavy atom. The van der Waals surface area contributed by atoms with Crippen LogP contribution in [0.5, 0.6) is 0 Å². The maximum atomic E-state index is 12.6. The molecule has 0 radical (unpaired) electrons. The Labute approximate surface area is 122 Å². The van der Waals surface area contributed by atoms with Crippen molar-refractivity contribution >= 4 is 11.6 Å². The summed E-state index contributed by atoms with van der Waals surface area (Å²) in [4.78, 5) is 16.4. The SMILES string of the molecule is CCCNc1ccc(C)cc1C(=O)N(C)CCN(C)C. The number of carbonyl (C=O) groups excluding carboxylic acids is 1. The van der Waals surface area contributed by atoms with Crippen molar-refractivity contribution in [3.05, 3.63) is 29.3 Å². The fourth-order valence-corrected chi connectivity index (χ4v) is 1.91. The third-order valence-corrected chi connectivity index (χ3v) is 3.20. The highest BCUT2D eigenvalue weighted by Gasteiger charge is 2.16. The van der Waals surface area contributed by atoms with Gasteiger partial charge in [-0.2, -0.15) is 0 Å². The van der Waals surface area contributed by atoms with Crippen LogP contribution in [0.1, 0.15) is 29.3 Å². The maximum Gasteiger partial charge on any atom is 0.255 e. The number of nitrogens with one attached hydrogen (secondary N) is 1. The molecule has 0 bridgehead atoms. The smallest absolute Gasteiger partial charge is 0.255 e. The van der Waals surface area contributed by atoms with Crippen LogP contribution in [0.4, 0.5) is 5.69 Å². The number of benzene rings is 1. The molecular weight excluding hydrogens is 250 g/mol. The summed E-state index contributed by atoms with van der Waals surface area (Å²) in [6, 6.07) is 6.00. The minimum Gasteiger partial charge on any atom is -0.384 e. The molecule has 0 atom stereocenters. The predicted molar refractivity (Wildman–Crippen MR) is 85.5 cm³/mol. The van der Waals surface area contributed by atoms with E-state index in [9.17, 15) is 4.79 Å². The van der Waals surface area contributed by atoms with Gasteiger partial charge in [0, 0.05) is 32.4 Å². The third-order valence-electron chi connectivity index (χ3n) is 3.20. The van der Waals surface area contributed by atoms with Gasteiger partial charge in [0.2, 0.25) is 0 Å². The first-order valence-electron chi connectivity index (χ1n) is 7.20. The molecule has 0 aliphatic carbocycles. The van der Waals surface area contributed by atoms with Crippen molar-refractivity contribution in [2.75, 3.05) is 46.1 Å². The summed E-state index contributed by atoms with van der Waals surface area (Å²) in [5, 5.41) is 3.33. The van der Waals surface area contributed by atoms with Gasteiger partial charge in [0.1, 0.15) is 0 Å². The Bertz CT molecular complexity index is 443. The van der Waals surface area contributed by atoms with Crippen molar-refractivity contribution in [1.29, 1.82) is 0 Å². The average Bonchev–Trinajstić information content (AvgIpc) is 2.42.